The van der Waals surface area contributed by atoms with Gasteiger partial charge in [0.2, 0.25) is 0 Å². The number of cyclic esters (lactones) is 1. The first kappa shape index (κ1) is 18.5. The van der Waals surface area contributed by atoms with Gasteiger partial charge in [-0.25, -0.2) is 9.59 Å². The summed E-state index contributed by atoms with van der Waals surface area (Å²) in [4.78, 5) is 23.5. The Morgan fingerprint density at radius 2 is 2.00 bits per heavy atom. The third kappa shape index (κ3) is 3.14. The maximum Gasteiger partial charge on any atom is 0.341 e. The Balaban J connectivity index is 2.05. The number of methoxy groups -OCH3 is 1. The predicted molar refractivity (Wildman–Crippen MR) is 102 cm³/mol. The molecule has 0 fully saturated rings. The summed E-state index contributed by atoms with van der Waals surface area (Å²) >= 11 is 0. The molecule has 1 heterocycles. The smallest absolute Gasteiger partial charge is 0.341 e. The Bertz CT molecular complexity index is 975. The van der Waals surface area contributed by atoms with Gasteiger partial charge in [-0.3, -0.25) is 0 Å². The third-order valence-corrected chi connectivity index (χ3v) is 4.91. The van der Waals surface area contributed by atoms with Gasteiger partial charge in [0, 0.05) is 11.1 Å². The van der Waals surface area contributed by atoms with E-state index in [0.29, 0.717) is 34.5 Å². The van der Waals surface area contributed by atoms with Crippen LogP contribution in [-0.4, -0.2) is 24.2 Å². The molecule has 0 spiro atoms. The number of fused-ring (bicyclic) bond motifs is 1. The molecule has 2 aromatic rings. The molecule has 3 N–H and O–H groups in total. The van der Waals surface area contributed by atoms with Crippen LogP contribution in [0.25, 0.3) is 5.57 Å². The zero-order valence-electron chi connectivity index (χ0n) is 15.5. The van der Waals surface area contributed by atoms with E-state index in [1.807, 2.05) is 19.9 Å². The van der Waals surface area contributed by atoms with Gasteiger partial charge in [0.15, 0.2) is 0 Å². The number of hydrogen-bond acceptors (Lipinski definition) is 5. The predicted octanol–water partition coefficient (Wildman–Crippen LogP) is 3.60. The number of ether oxygens (including phenoxy) is 2. The van der Waals surface area contributed by atoms with Crippen LogP contribution in [0.1, 0.15) is 49.9 Å². The second-order valence-electron chi connectivity index (χ2n) is 6.42. The van der Waals surface area contributed by atoms with Crippen LogP contribution in [0.2, 0.25) is 0 Å². The number of rotatable bonds is 5. The average Bonchev–Trinajstić information content (AvgIpc) is 3.05. The molecule has 0 atom stereocenters. The monoisotopic (exact) mass is 367 g/mol. The van der Waals surface area contributed by atoms with Crippen LogP contribution in [-0.2, 0) is 17.8 Å². The quantitative estimate of drug-likeness (QED) is 0.619. The molecular formula is C21H21NO5. The van der Waals surface area contributed by atoms with Crippen molar-refractivity contribution in [3.8, 4) is 5.75 Å². The lowest BCUT2D eigenvalue weighted by Gasteiger charge is -2.17. The van der Waals surface area contributed by atoms with Crippen molar-refractivity contribution in [2.45, 2.75) is 26.9 Å². The largest absolute Gasteiger partial charge is 0.496 e. The Kier molecular flexibility index (Phi) is 4.90. The lowest BCUT2D eigenvalue weighted by molar-refractivity contribution is 0.0535. The van der Waals surface area contributed by atoms with E-state index in [1.54, 1.807) is 31.4 Å². The number of anilines is 1. The first-order chi connectivity index (χ1) is 12.9. The first-order valence-corrected chi connectivity index (χ1v) is 8.51. The fourth-order valence-electron chi connectivity index (χ4n) is 3.47. The first-order valence-electron chi connectivity index (χ1n) is 8.51. The zero-order valence-corrected chi connectivity index (χ0v) is 15.5. The number of esters is 1. The molecule has 0 aromatic heterocycles. The molecule has 27 heavy (non-hydrogen) atoms. The van der Waals surface area contributed by atoms with Crippen LogP contribution >= 0.6 is 0 Å². The van der Waals surface area contributed by atoms with Crippen molar-refractivity contribution in [2.75, 3.05) is 12.8 Å². The number of carbonyl (C=O) groups excluding carboxylic acids is 1. The second-order valence-corrected chi connectivity index (χ2v) is 6.42. The molecule has 1 aliphatic heterocycles. The van der Waals surface area contributed by atoms with E-state index in [-0.39, 0.29) is 12.2 Å². The maximum atomic E-state index is 12.0. The summed E-state index contributed by atoms with van der Waals surface area (Å²) < 4.78 is 10.7. The summed E-state index contributed by atoms with van der Waals surface area (Å²) in [6.07, 6.45) is 2.29. The number of aromatic carboxylic acids is 1. The Hall–Kier alpha value is -3.28. The lowest BCUT2D eigenvalue weighted by Crippen LogP contribution is -2.08. The standard InChI is InChI=1S/C21H21NO5/c1-11(13-6-4-5-7-14(13)20(23)24)8-9-15-18(22)17-16(10-27-21(17)25)12(2)19(15)26-3/h4-8H,9-10,22H2,1-3H3,(H,23,24). The van der Waals surface area contributed by atoms with E-state index in [9.17, 15) is 14.7 Å². The lowest BCUT2D eigenvalue weighted by atomic mass is 9.93. The molecule has 0 amide bonds. The zero-order chi connectivity index (χ0) is 19.7. The second kappa shape index (κ2) is 7.15. The molecule has 0 radical (unpaired) electrons. The number of hydrogen-bond donors (Lipinski definition) is 2. The van der Waals surface area contributed by atoms with Gasteiger partial charge in [0.05, 0.1) is 23.9 Å². The fourth-order valence-corrected chi connectivity index (χ4v) is 3.47. The van der Waals surface area contributed by atoms with Crippen LogP contribution in [0.5, 0.6) is 5.75 Å². The summed E-state index contributed by atoms with van der Waals surface area (Å²) in [5.41, 5.74) is 11.0. The van der Waals surface area contributed by atoms with E-state index < -0.39 is 11.9 Å². The molecule has 2 aromatic carbocycles. The van der Waals surface area contributed by atoms with Gasteiger partial charge in [0.1, 0.15) is 12.4 Å². The van der Waals surface area contributed by atoms with E-state index in [2.05, 4.69) is 0 Å². The van der Waals surface area contributed by atoms with Crippen LogP contribution < -0.4 is 10.5 Å². The third-order valence-electron chi connectivity index (χ3n) is 4.91. The Morgan fingerprint density at radius 1 is 1.33 bits per heavy atom. The summed E-state index contributed by atoms with van der Waals surface area (Å²) in [6.45, 7) is 3.92. The number of carboxylic acid groups (broad SMARTS) is 1. The molecule has 0 bridgehead atoms. The van der Waals surface area contributed by atoms with Crippen LogP contribution in [0.4, 0.5) is 5.69 Å². The van der Waals surface area contributed by atoms with Crippen molar-refractivity contribution < 1.29 is 24.2 Å². The number of carbonyl (C=O) groups is 2. The van der Waals surface area contributed by atoms with Gasteiger partial charge in [-0.05, 0) is 43.0 Å². The van der Waals surface area contributed by atoms with Crippen molar-refractivity contribution in [3.63, 3.8) is 0 Å². The highest BCUT2D eigenvalue weighted by atomic mass is 16.5. The minimum atomic E-state index is -0.980. The SMILES string of the molecule is COc1c(C)c2c(c(N)c1CC=C(C)c1ccccc1C(=O)O)C(=O)OC2. The molecular weight excluding hydrogens is 346 g/mol. The van der Waals surface area contributed by atoms with Gasteiger partial charge in [-0.2, -0.15) is 0 Å². The maximum absolute atomic E-state index is 12.0. The van der Waals surface area contributed by atoms with Crippen LogP contribution in [0, 0.1) is 6.92 Å². The van der Waals surface area contributed by atoms with Gasteiger partial charge in [0.25, 0.3) is 0 Å². The Morgan fingerprint density at radius 3 is 2.63 bits per heavy atom. The molecule has 0 saturated carbocycles. The number of allylic oxidation sites excluding steroid dienone is 2. The number of benzene rings is 2. The average molecular weight is 367 g/mol. The molecule has 0 aliphatic carbocycles. The normalized spacial score (nSPS) is 13.3. The van der Waals surface area contributed by atoms with E-state index >= 15 is 0 Å². The number of nitrogen functional groups attached to an aromatic ring is 1. The van der Waals surface area contributed by atoms with Crippen LogP contribution in [0.3, 0.4) is 0 Å². The minimum Gasteiger partial charge on any atom is -0.496 e. The molecule has 140 valence electrons. The van der Waals surface area contributed by atoms with E-state index in [0.717, 1.165) is 16.7 Å². The van der Waals surface area contributed by atoms with Crippen molar-refractivity contribution in [1.29, 1.82) is 0 Å². The topological polar surface area (TPSA) is 98.9 Å². The number of nitrogens with two attached hydrogens (primary N) is 1. The Labute approximate surface area is 157 Å². The summed E-state index contributed by atoms with van der Waals surface area (Å²) in [7, 11) is 1.56. The van der Waals surface area contributed by atoms with Crippen molar-refractivity contribution >= 4 is 23.2 Å². The minimum absolute atomic E-state index is 0.196. The summed E-state index contributed by atoms with van der Waals surface area (Å²) in [5.74, 6) is -0.780. The molecule has 3 rings (SSSR count). The summed E-state index contributed by atoms with van der Waals surface area (Å²) in [5, 5.41) is 9.38. The van der Waals surface area contributed by atoms with E-state index in [1.165, 1.54) is 0 Å². The summed E-state index contributed by atoms with van der Waals surface area (Å²) in [6, 6.07) is 6.82. The highest BCUT2D eigenvalue weighted by molar-refractivity contribution is 6.01. The number of carboxylic acids is 1. The van der Waals surface area contributed by atoms with Gasteiger partial charge < -0.3 is 20.3 Å². The van der Waals surface area contributed by atoms with E-state index in [4.69, 9.17) is 15.2 Å². The van der Waals surface area contributed by atoms with Crippen molar-refractivity contribution in [3.05, 3.63) is 63.7 Å². The van der Waals surface area contributed by atoms with Crippen molar-refractivity contribution in [1.82, 2.24) is 0 Å². The van der Waals surface area contributed by atoms with Gasteiger partial charge in [-0.1, -0.05) is 24.3 Å². The van der Waals surface area contributed by atoms with Gasteiger partial charge in [-0.15, -0.1) is 0 Å². The molecule has 0 saturated heterocycles. The molecule has 6 nitrogen and oxygen atoms in total. The van der Waals surface area contributed by atoms with Crippen LogP contribution in [0.15, 0.2) is 30.3 Å². The van der Waals surface area contributed by atoms with Crippen molar-refractivity contribution in [2.24, 2.45) is 0 Å². The molecule has 6 heteroatoms. The highest BCUT2D eigenvalue weighted by Crippen LogP contribution is 2.40. The fraction of sp³-hybridized carbons (Fsp3) is 0.238. The molecule has 0 unspecified atom stereocenters. The van der Waals surface area contributed by atoms with Gasteiger partial charge >= 0.3 is 11.9 Å². The highest BCUT2D eigenvalue weighted by Gasteiger charge is 2.30. The molecule has 1 aliphatic rings.